The van der Waals surface area contributed by atoms with E-state index in [1.165, 1.54) is 12.1 Å². The summed E-state index contributed by atoms with van der Waals surface area (Å²) in [6.07, 6.45) is 0. The van der Waals surface area contributed by atoms with Gasteiger partial charge in [0.25, 0.3) is 0 Å². The van der Waals surface area contributed by atoms with Gasteiger partial charge in [-0.15, -0.1) is 0 Å². The number of aromatic hydroxyl groups is 1. The van der Waals surface area contributed by atoms with Gasteiger partial charge in [-0.3, -0.25) is 10.1 Å². The number of halogens is 1. The molecule has 1 N–H and O–H groups in total. The minimum absolute atomic E-state index is 0.331. The molecular formula is C12H8ClNO3. The van der Waals surface area contributed by atoms with E-state index >= 15 is 0 Å². The van der Waals surface area contributed by atoms with Gasteiger partial charge in [-0.05, 0) is 17.7 Å². The predicted octanol–water partition coefficient (Wildman–Crippen LogP) is 3.62. The molecule has 0 bridgehead atoms. The Kier molecular flexibility index (Phi) is 2.97. The highest BCUT2D eigenvalue weighted by atomic mass is 35.5. The largest absolute Gasteiger partial charge is 0.502 e. The van der Waals surface area contributed by atoms with Crippen LogP contribution < -0.4 is 0 Å². The highest BCUT2D eigenvalue weighted by molar-refractivity contribution is 6.33. The van der Waals surface area contributed by atoms with Crippen LogP contribution in [0, 0.1) is 10.1 Å². The first-order valence-electron chi connectivity index (χ1n) is 4.82. The van der Waals surface area contributed by atoms with Crippen molar-refractivity contribution in [1.29, 1.82) is 0 Å². The third-order valence-electron chi connectivity index (χ3n) is 2.36. The van der Waals surface area contributed by atoms with Gasteiger partial charge in [0.15, 0.2) is 5.75 Å². The summed E-state index contributed by atoms with van der Waals surface area (Å²) in [7, 11) is 0. The monoisotopic (exact) mass is 249 g/mol. The van der Waals surface area contributed by atoms with E-state index < -0.39 is 4.92 Å². The predicted molar refractivity (Wildman–Crippen MR) is 65.2 cm³/mol. The molecule has 2 rings (SSSR count). The zero-order chi connectivity index (χ0) is 12.4. The lowest BCUT2D eigenvalue weighted by Gasteiger charge is -2.04. The van der Waals surface area contributed by atoms with Crippen LogP contribution in [0.25, 0.3) is 11.1 Å². The molecule has 0 aliphatic rings. The second-order valence-electron chi connectivity index (χ2n) is 3.44. The molecule has 0 radical (unpaired) electrons. The second-order valence-corrected chi connectivity index (χ2v) is 3.85. The third kappa shape index (κ3) is 2.21. The second kappa shape index (κ2) is 4.43. The van der Waals surface area contributed by atoms with Crippen molar-refractivity contribution in [2.24, 2.45) is 0 Å². The van der Waals surface area contributed by atoms with Gasteiger partial charge in [-0.25, -0.2) is 0 Å². The SMILES string of the molecule is O=[N+]([O-])c1cc(-c2ccccc2Cl)ccc1O. The number of hydrogen-bond acceptors (Lipinski definition) is 3. The summed E-state index contributed by atoms with van der Waals surface area (Å²) in [6, 6.07) is 11.2. The van der Waals surface area contributed by atoms with Crippen molar-refractivity contribution in [3.8, 4) is 16.9 Å². The van der Waals surface area contributed by atoms with Crippen LogP contribution in [0.3, 0.4) is 0 Å². The minimum atomic E-state index is -0.629. The molecule has 0 atom stereocenters. The molecule has 0 unspecified atom stereocenters. The van der Waals surface area contributed by atoms with E-state index in [4.69, 9.17) is 11.6 Å². The molecule has 4 nitrogen and oxygen atoms in total. The molecule has 17 heavy (non-hydrogen) atoms. The van der Waals surface area contributed by atoms with E-state index in [2.05, 4.69) is 0 Å². The molecular weight excluding hydrogens is 242 g/mol. The molecule has 0 heterocycles. The van der Waals surface area contributed by atoms with E-state index in [0.717, 1.165) is 0 Å². The summed E-state index contributed by atoms with van der Waals surface area (Å²) >= 11 is 6.00. The number of hydrogen-bond donors (Lipinski definition) is 1. The molecule has 5 heteroatoms. The average Bonchev–Trinajstić information content (AvgIpc) is 2.30. The number of nitro groups is 1. The smallest absolute Gasteiger partial charge is 0.311 e. The minimum Gasteiger partial charge on any atom is -0.502 e. The van der Waals surface area contributed by atoms with Crippen LogP contribution in [-0.2, 0) is 0 Å². The third-order valence-corrected chi connectivity index (χ3v) is 2.69. The molecule has 0 spiro atoms. The first-order chi connectivity index (χ1) is 8.09. The van der Waals surface area contributed by atoms with Gasteiger partial charge in [-0.2, -0.15) is 0 Å². The normalized spacial score (nSPS) is 10.2. The van der Waals surface area contributed by atoms with E-state index in [9.17, 15) is 15.2 Å². The molecule has 0 fully saturated rings. The Morgan fingerprint density at radius 3 is 2.53 bits per heavy atom. The fourth-order valence-electron chi connectivity index (χ4n) is 1.53. The fraction of sp³-hybridized carbons (Fsp3) is 0. The van der Waals surface area contributed by atoms with Crippen LogP contribution in [0.4, 0.5) is 5.69 Å². The molecule has 0 amide bonds. The molecule has 0 aliphatic heterocycles. The Morgan fingerprint density at radius 2 is 1.88 bits per heavy atom. The Morgan fingerprint density at radius 1 is 1.18 bits per heavy atom. The van der Waals surface area contributed by atoms with E-state index in [0.29, 0.717) is 16.1 Å². The standard InChI is InChI=1S/C12H8ClNO3/c13-10-4-2-1-3-9(10)8-5-6-12(15)11(7-8)14(16)17/h1-7,15H. The number of nitro benzene ring substituents is 1. The Labute approximate surface area is 102 Å². The van der Waals surface area contributed by atoms with Gasteiger partial charge in [0.1, 0.15) is 0 Å². The zero-order valence-corrected chi connectivity index (χ0v) is 9.39. The first-order valence-corrected chi connectivity index (χ1v) is 5.19. The zero-order valence-electron chi connectivity index (χ0n) is 8.63. The topological polar surface area (TPSA) is 63.4 Å². The number of nitrogens with zero attached hydrogens (tertiary/aromatic N) is 1. The number of phenols is 1. The molecule has 0 aromatic heterocycles. The molecule has 2 aromatic carbocycles. The van der Waals surface area contributed by atoms with Gasteiger partial charge in [0.05, 0.1) is 4.92 Å². The number of benzene rings is 2. The summed E-state index contributed by atoms with van der Waals surface area (Å²) < 4.78 is 0. The lowest BCUT2D eigenvalue weighted by atomic mass is 10.0. The van der Waals surface area contributed by atoms with Gasteiger partial charge >= 0.3 is 5.69 Å². The molecule has 0 saturated carbocycles. The van der Waals surface area contributed by atoms with Crippen LogP contribution in [0.5, 0.6) is 5.75 Å². The van der Waals surface area contributed by atoms with Gasteiger partial charge in [0.2, 0.25) is 0 Å². The van der Waals surface area contributed by atoms with E-state index in [-0.39, 0.29) is 11.4 Å². The molecule has 2 aromatic rings. The highest BCUT2D eigenvalue weighted by Gasteiger charge is 2.15. The molecule has 86 valence electrons. The van der Waals surface area contributed by atoms with Crippen LogP contribution >= 0.6 is 11.6 Å². The van der Waals surface area contributed by atoms with Crippen molar-refractivity contribution < 1.29 is 10.0 Å². The van der Waals surface area contributed by atoms with Crippen LogP contribution in [0.2, 0.25) is 5.02 Å². The van der Waals surface area contributed by atoms with Crippen molar-refractivity contribution in [2.45, 2.75) is 0 Å². The maximum absolute atomic E-state index is 10.7. The number of phenolic OH excluding ortho intramolecular Hbond substituents is 1. The van der Waals surface area contributed by atoms with Crippen molar-refractivity contribution >= 4 is 17.3 Å². The summed E-state index contributed by atoms with van der Waals surface area (Å²) in [5.41, 5.74) is 0.958. The summed E-state index contributed by atoms with van der Waals surface area (Å²) in [5, 5.41) is 20.6. The Hall–Kier alpha value is -2.07. The van der Waals surface area contributed by atoms with Crippen molar-refractivity contribution in [3.63, 3.8) is 0 Å². The van der Waals surface area contributed by atoms with Crippen molar-refractivity contribution in [3.05, 3.63) is 57.6 Å². The maximum atomic E-state index is 10.7. The number of rotatable bonds is 2. The Bertz CT molecular complexity index is 584. The van der Waals surface area contributed by atoms with Gasteiger partial charge < -0.3 is 5.11 Å². The average molecular weight is 250 g/mol. The lowest BCUT2D eigenvalue weighted by Crippen LogP contribution is -1.89. The fourth-order valence-corrected chi connectivity index (χ4v) is 1.78. The lowest BCUT2D eigenvalue weighted by molar-refractivity contribution is -0.385. The van der Waals surface area contributed by atoms with E-state index in [1.54, 1.807) is 30.3 Å². The quantitative estimate of drug-likeness (QED) is 0.653. The van der Waals surface area contributed by atoms with Crippen LogP contribution in [0.15, 0.2) is 42.5 Å². The van der Waals surface area contributed by atoms with E-state index in [1.807, 2.05) is 0 Å². The van der Waals surface area contributed by atoms with Gasteiger partial charge in [0, 0.05) is 16.7 Å². The molecule has 0 saturated heterocycles. The Balaban J connectivity index is 2.58. The van der Waals surface area contributed by atoms with Gasteiger partial charge in [-0.1, -0.05) is 35.9 Å². The summed E-state index contributed by atoms with van der Waals surface area (Å²) in [5.74, 6) is -0.356. The van der Waals surface area contributed by atoms with Crippen molar-refractivity contribution in [1.82, 2.24) is 0 Å². The first kappa shape index (κ1) is 11.4. The summed E-state index contributed by atoms with van der Waals surface area (Å²) in [6.45, 7) is 0. The van der Waals surface area contributed by atoms with Crippen molar-refractivity contribution in [2.75, 3.05) is 0 Å². The molecule has 0 aliphatic carbocycles. The summed E-state index contributed by atoms with van der Waals surface area (Å²) in [4.78, 5) is 10.1. The van der Waals surface area contributed by atoms with Crippen LogP contribution in [0.1, 0.15) is 0 Å². The highest BCUT2D eigenvalue weighted by Crippen LogP contribution is 2.34. The van der Waals surface area contributed by atoms with Crippen LogP contribution in [-0.4, -0.2) is 10.0 Å². The maximum Gasteiger partial charge on any atom is 0.311 e.